The molecule has 2 unspecified atom stereocenters. The number of allylic oxidation sites excluding steroid dienone is 2. The lowest BCUT2D eigenvalue weighted by molar-refractivity contribution is -0.134. The summed E-state index contributed by atoms with van der Waals surface area (Å²) in [5.41, 5.74) is 1.64. The molecule has 0 saturated heterocycles. The van der Waals surface area contributed by atoms with Crippen LogP contribution >= 0.6 is 0 Å². The number of aliphatic carboxylic acids is 1. The molecule has 2 bridgehead atoms. The molecule has 2 atom stereocenters. The van der Waals surface area contributed by atoms with Crippen LogP contribution in [0.2, 0.25) is 0 Å². The Morgan fingerprint density at radius 3 is 2.67 bits per heavy atom. The van der Waals surface area contributed by atoms with Gasteiger partial charge in [-0.05, 0) is 54.7 Å². The molecule has 0 spiro atoms. The van der Waals surface area contributed by atoms with E-state index in [4.69, 9.17) is 14.6 Å². The second-order valence-electron chi connectivity index (χ2n) is 5.93. The lowest BCUT2D eigenvalue weighted by Gasteiger charge is -2.23. The minimum absolute atomic E-state index is 0.222. The quantitative estimate of drug-likeness (QED) is 0.837. The standard InChI is InChI=1S/C15H18O2.C2H4O2/c1-17-14-8-12(2-3-13(14)16)10-15-6-4-11(9-15)5-7-15;1-2(3)4/h2-4,6,8,11,16H,5,7,9-10H2,1H3;1H3,(H,3,4). The number of phenolic OH excluding ortho intramolecular Hbond substituents is 1. The number of carboxylic acids is 1. The number of ether oxygens (including phenoxy) is 1. The summed E-state index contributed by atoms with van der Waals surface area (Å²) in [7, 11) is 1.60. The van der Waals surface area contributed by atoms with E-state index in [0.29, 0.717) is 11.2 Å². The SMILES string of the molecule is CC(=O)O.COc1cc(CC23C=CC(CC2)C3)ccc1O. The smallest absolute Gasteiger partial charge is 0.300 e. The molecule has 1 fully saturated rings. The number of phenols is 1. The van der Waals surface area contributed by atoms with E-state index in [1.54, 1.807) is 13.2 Å². The van der Waals surface area contributed by atoms with Gasteiger partial charge in [0.05, 0.1) is 7.11 Å². The number of benzene rings is 1. The van der Waals surface area contributed by atoms with E-state index in [2.05, 4.69) is 12.2 Å². The molecule has 1 aromatic rings. The summed E-state index contributed by atoms with van der Waals surface area (Å²) in [6.07, 6.45) is 9.79. The third-order valence-corrected chi connectivity index (χ3v) is 4.20. The normalized spacial score (nSPS) is 25.3. The van der Waals surface area contributed by atoms with Gasteiger partial charge in [-0.25, -0.2) is 0 Å². The Kier molecular flexibility index (Phi) is 4.56. The highest BCUT2D eigenvalue weighted by atomic mass is 16.5. The Labute approximate surface area is 125 Å². The van der Waals surface area contributed by atoms with E-state index in [0.717, 1.165) is 19.3 Å². The molecule has 2 N–H and O–H groups in total. The number of methoxy groups -OCH3 is 1. The van der Waals surface area contributed by atoms with Gasteiger partial charge in [0.15, 0.2) is 11.5 Å². The maximum atomic E-state index is 9.59. The summed E-state index contributed by atoms with van der Waals surface area (Å²) >= 11 is 0. The number of aromatic hydroxyl groups is 1. The molecule has 4 heteroatoms. The highest BCUT2D eigenvalue weighted by Gasteiger charge is 2.40. The number of carboxylic acid groups (broad SMARTS) is 1. The second kappa shape index (κ2) is 6.20. The van der Waals surface area contributed by atoms with Crippen molar-refractivity contribution in [2.45, 2.75) is 32.6 Å². The summed E-state index contributed by atoms with van der Waals surface area (Å²) in [6, 6.07) is 5.70. The van der Waals surface area contributed by atoms with Gasteiger partial charge in [-0.2, -0.15) is 0 Å². The first-order chi connectivity index (χ1) is 9.94. The number of carbonyl (C=O) groups is 1. The first-order valence-electron chi connectivity index (χ1n) is 7.19. The average molecular weight is 290 g/mol. The first-order valence-corrected chi connectivity index (χ1v) is 7.19. The van der Waals surface area contributed by atoms with Gasteiger partial charge < -0.3 is 14.9 Å². The van der Waals surface area contributed by atoms with Crippen molar-refractivity contribution in [2.75, 3.05) is 7.11 Å². The Balaban J connectivity index is 0.000000361. The van der Waals surface area contributed by atoms with Crippen LogP contribution in [0, 0.1) is 11.3 Å². The van der Waals surface area contributed by atoms with E-state index in [1.807, 2.05) is 12.1 Å². The van der Waals surface area contributed by atoms with Gasteiger partial charge >= 0.3 is 0 Å². The third kappa shape index (κ3) is 3.78. The van der Waals surface area contributed by atoms with Gasteiger partial charge in [-0.3, -0.25) is 4.79 Å². The molecule has 4 nitrogen and oxygen atoms in total. The second-order valence-corrected chi connectivity index (χ2v) is 5.93. The highest BCUT2D eigenvalue weighted by molar-refractivity contribution is 5.62. The van der Waals surface area contributed by atoms with Gasteiger partial charge in [-0.15, -0.1) is 0 Å². The fourth-order valence-electron chi connectivity index (χ4n) is 3.31. The summed E-state index contributed by atoms with van der Waals surface area (Å²) in [4.78, 5) is 9.00. The van der Waals surface area contributed by atoms with Gasteiger partial charge in [0.25, 0.3) is 5.97 Å². The Morgan fingerprint density at radius 2 is 2.19 bits per heavy atom. The molecule has 1 saturated carbocycles. The molecular weight excluding hydrogens is 268 g/mol. The molecule has 2 aliphatic carbocycles. The van der Waals surface area contributed by atoms with Crippen LogP contribution in [0.3, 0.4) is 0 Å². The topological polar surface area (TPSA) is 66.8 Å². The molecule has 3 rings (SSSR count). The Hall–Kier alpha value is -1.97. The maximum Gasteiger partial charge on any atom is 0.300 e. The fourth-order valence-corrected chi connectivity index (χ4v) is 3.31. The van der Waals surface area contributed by atoms with Gasteiger partial charge in [-0.1, -0.05) is 18.2 Å². The minimum atomic E-state index is -0.833. The Bertz CT molecular complexity index is 546. The Morgan fingerprint density at radius 1 is 1.48 bits per heavy atom. The van der Waals surface area contributed by atoms with Crippen molar-refractivity contribution in [1.29, 1.82) is 0 Å². The van der Waals surface area contributed by atoms with E-state index < -0.39 is 5.97 Å². The monoisotopic (exact) mass is 290 g/mol. The number of fused-ring (bicyclic) bond motifs is 2. The van der Waals surface area contributed by atoms with Gasteiger partial charge in [0.1, 0.15) is 0 Å². The van der Waals surface area contributed by atoms with Crippen LogP contribution < -0.4 is 4.74 Å². The van der Waals surface area contributed by atoms with Gasteiger partial charge in [0.2, 0.25) is 0 Å². The molecule has 21 heavy (non-hydrogen) atoms. The lowest BCUT2D eigenvalue weighted by atomic mass is 9.81. The first kappa shape index (κ1) is 15.4. The number of rotatable bonds is 3. The van der Waals surface area contributed by atoms with Crippen molar-refractivity contribution in [3.63, 3.8) is 0 Å². The van der Waals surface area contributed by atoms with Crippen molar-refractivity contribution >= 4 is 5.97 Å². The largest absolute Gasteiger partial charge is 0.504 e. The zero-order chi connectivity index (χ0) is 15.5. The molecule has 1 aromatic carbocycles. The van der Waals surface area contributed by atoms with E-state index >= 15 is 0 Å². The van der Waals surface area contributed by atoms with E-state index in [9.17, 15) is 5.11 Å². The van der Waals surface area contributed by atoms with Crippen LogP contribution in [-0.2, 0) is 11.2 Å². The van der Waals surface area contributed by atoms with Crippen molar-refractivity contribution in [3.05, 3.63) is 35.9 Å². The fraction of sp³-hybridized carbons (Fsp3) is 0.471. The highest BCUT2D eigenvalue weighted by Crippen LogP contribution is 2.51. The zero-order valence-electron chi connectivity index (χ0n) is 12.5. The zero-order valence-corrected chi connectivity index (χ0v) is 12.5. The van der Waals surface area contributed by atoms with E-state index in [1.165, 1.54) is 24.8 Å². The van der Waals surface area contributed by atoms with Gasteiger partial charge in [0, 0.05) is 6.92 Å². The molecule has 114 valence electrons. The van der Waals surface area contributed by atoms with Crippen LogP contribution in [0.25, 0.3) is 0 Å². The minimum Gasteiger partial charge on any atom is -0.504 e. The van der Waals surface area contributed by atoms with Crippen molar-refractivity contribution in [2.24, 2.45) is 11.3 Å². The number of hydrogen-bond donors (Lipinski definition) is 2. The summed E-state index contributed by atoms with van der Waals surface area (Å²) in [6.45, 7) is 1.08. The summed E-state index contributed by atoms with van der Waals surface area (Å²) in [5.74, 6) is 0.782. The van der Waals surface area contributed by atoms with Crippen LogP contribution in [0.15, 0.2) is 30.4 Å². The lowest BCUT2D eigenvalue weighted by Crippen LogP contribution is -2.15. The van der Waals surface area contributed by atoms with Crippen molar-refractivity contribution < 1.29 is 19.7 Å². The molecule has 2 aliphatic rings. The third-order valence-electron chi connectivity index (χ3n) is 4.20. The predicted molar refractivity (Wildman–Crippen MR) is 80.6 cm³/mol. The molecule has 0 radical (unpaired) electrons. The van der Waals surface area contributed by atoms with Crippen LogP contribution in [0.1, 0.15) is 31.7 Å². The predicted octanol–water partition coefficient (Wildman–Crippen LogP) is 3.39. The molecular formula is C17H22O4. The van der Waals surface area contributed by atoms with E-state index in [-0.39, 0.29) is 5.75 Å². The summed E-state index contributed by atoms with van der Waals surface area (Å²) < 4.78 is 5.16. The van der Waals surface area contributed by atoms with Crippen LogP contribution in [0.5, 0.6) is 11.5 Å². The number of hydrogen-bond acceptors (Lipinski definition) is 3. The maximum absolute atomic E-state index is 9.59. The summed E-state index contributed by atoms with van der Waals surface area (Å²) in [5, 5.41) is 17.0. The van der Waals surface area contributed by atoms with Crippen LogP contribution in [-0.4, -0.2) is 23.3 Å². The molecule has 0 aromatic heterocycles. The molecule has 0 aliphatic heterocycles. The molecule has 0 heterocycles. The average Bonchev–Trinajstić information content (AvgIpc) is 3.00. The van der Waals surface area contributed by atoms with Crippen LogP contribution in [0.4, 0.5) is 0 Å². The van der Waals surface area contributed by atoms with Crippen molar-refractivity contribution in [3.8, 4) is 11.5 Å². The molecule has 0 amide bonds. The van der Waals surface area contributed by atoms with Crippen molar-refractivity contribution in [1.82, 2.24) is 0 Å².